The number of thiazole rings is 1. The Hall–Kier alpha value is -2.99. The van der Waals surface area contributed by atoms with Crippen LogP contribution >= 0.6 is 11.3 Å². The number of hydrogen-bond acceptors (Lipinski definition) is 5. The largest absolute Gasteiger partial charge is 0.459 e. The molecule has 2 aromatic carbocycles. The van der Waals surface area contributed by atoms with Crippen molar-refractivity contribution in [1.82, 2.24) is 4.98 Å². The lowest BCUT2D eigenvalue weighted by atomic mass is 9.97. The first-order valence-corrected chi connectivity index (χ1v) is 10.4. The third-order valence-electron chi connectivity index (χ3n) is 4.50. The lowest BCUT2D eigenvalue weighted by Crippen LogP contribution is -2.16. The van der Waals surface area contributed by atoms with E-state index in [0.29, 0.717) is 17.1 Å². The molecule has 3 aromatic rings. The van der Waals surface area contributed by atoms with Gasteiger partial charge in [-0.25, -0.2) is 4.98 Å². The molecule has 150 valence electrons. The monoisotopic (exact) mass is 408 g/mol. The quantitative estimate of drug-likeness (QED) is 0.540. The van der Waals surface area contributed by atoms with Gasteiger partial charge in [-0.1, -0.05) is 55.0 Å². The van der Waals surface area contributed by atoms with Crippen molar-refractivity contribution in [1.29, 1.82) is 0 Å². The van der Waals surface area contributed by atoms with Gasteiger partial charge in [0.15, 0.2) is 0 Å². The second-order valence-corrected chi connectivity index (χ2v) is 7.75. The SMILES string of the molecule is CCC(C(=O)OCc1csc(CC(=O)Nc2ccc(C)cc2)n1)c1ccccc1. The van der Waals surface area contributed by atoms with E-state index in [0.717, 1.165) is 16.8 Å². The van der Waals surface area contributed by atoms with Crippen LogP contribution in [0.5, 0.6) is 0 Å². The first kappa shape index (κ1) is 20.7. The second-order valence-electron chi connectivity index (χ2n) is 6.80. The van der Waals surface area contributed by atoms with Crippen molar-refractivity contribution >= 4 is 28.9 Å². The maximum Gasteiger partial charge on any atom is 0.313 e. The van der Waals surface area contributed by atoms with Crippen LogP contribution in [0.15, 0.2) is 60.0 Å². The van der Waals surface area contributed by atoms with Crippen LogP contribution in [0.1, 0.15) is 41.1 Å². The maximum absolute atomic E-state index is 12.4. The average molecular weight is 409 g/mol. The summed E-state index contributed by atoms with van der Waals surface area (Å²) in [5, 5.41) is 5.38. The molecule has 1 unspecified atom stereocenters. The van der Waals surface area contributed by atoms with Gasteiger partial charge in [0, 0.05) is 11.1 Å². The Balaban J connectivity index is 1.51. The fourth-order valence-electron chi connectivity index (χ4n) is 2.95. The van der Waals surface area contributed by atoms with Gasteiger partial charge in [-0.05, 0) is 31.0 Å². The standard InChI is InChI=1S/C23H24N2O3S/c1-3-20(17-7-5-4-6-8-17)23(27)28-14-19-15-29-22(25-19)13-21(26)24-18-11-9-16(2)10-12-18/h4-12,15,20H,3,13-14H2,1-2H3,(H,24,26). The van der Waals surface area contributed by atoms with Crippen LogP contribution in [0.25, 0.3) is 0 Å². The lowest BCUT2D eigenvalue weighted by Gasteiger charge is -2.13. The smallest absolute Gasteiger partial charge is 0.313 e. The Labute approximate surface area is 174 Å². The minimum absolute atomic E-state index is 0.109. The number of esters is 1. The molecule has 0 aliphatic rings. The molecule has 1 N–H and O–H groups in total. The van der Waals surface area contributed by atoms with Crippen LogP contribution in [0.4, 0.5) is 5.69 Å². The molecule has 0 aliphatic heterocycles. The third kappa shape index (κ3) is 5.99. The number of aryl methyl sites for hydroxylation is 1. The van der Waals surface area contributed by atoms with Gasteiger partial charge in [-0.15, -0.1) is 11.3 Å². The molecule has 0 spiro atoms. The maximum atomic E-state index is 12.4. The van der Waals surface area contributed by atoms with E-state index in [-0.39, 0.29) is 30.8 Å². The summed E-state index contributed by atoms with van der Waals surface area (Å²) in [4.78, 5) is 29.1. The van der Waals surface area contributed by atoms with Crippen LogP contribution in [0.2, 0.25) is 0 Å². The van der Waals surface area contributed by atoms with E-state index >= 15 is 0 Å². The minimum atomic E-state index is -0.283. The molecule has 0 radical (unpaired) electrons. The second kappa shape index (κ2) is 9.98. The number of anilines is 1. The molecule has 0 saturated carbocycles. The highest BCUT2D eigenvalue weighted by molar-refractivity contribution is 7.09. The van der Waals surface area contributed by atoms with Gasteiger partial charge in [0.1, 0.15) is 11.6 Å². The van der Waals surface area contributed by atoms with E-state index in [1.807, 2.05) is 73.8 Å². The number of carbonyl (C=O) groups is 2. The zero-order chi connectivity index (χ0) is 20.6. The topological polar surface area (TPSA) is 68.3 Å². The van der Waals surface area contributed by atoms with E-state index < -0.39 is 0 Å². The molecule has 1 amide bonds. The Kier molecular flexibility index (Phi) is 7.14. The zero-order valence-corrected chi connectivity index (χ0v) is 17.4. The third-order valence-corrected chi connectivity index (χ3v) is 5.40. The number of carbonyl (C=O) groups excluding carboxylic acids is 2. The van der Waals surface area contributed by atoms with Crippen molar-refractivity contribution in [3.05, 3.63) is 81.8 Å². The van der Waals surface area contributed by atoms with Crippen molar-refractivity contribution in [2.75, 3.05) is 5.32 Å². The number of nitrogens with zero attached hydrogens (tertiary/aromatic N) is 1. The predicted octanol–water partition coefficient (Wildman–Crippen LogP) is 4.87. The van der Waals surface area contributed by atoms with Crippen LogP contribution in [0, 0.1) is 6.92 Å². The summed E-state index contributed by atoms with van der Waals surface area (Å²) in [7, 11) is 0. The van der Waals surface area contributed by atoms with Crippen LogP contribution in [0.3, 0.4) is 0 Å². The molecule has 29 heavy (non-hydrogen) atoms. The van der Waals surface area contributed by atoms with Gasteiger partial charge in [0.25, 0.3) is 0 Å². The first-order valence-electron chi connectivity index (χ1n) is 9.56. The first-order chi connectivity index (χ1) is 14.0. The number of hydrogen-bond donors (Lipinski definition) is 1. The van der Waals surface area contributed by atoms with Gasteiger partial charge in [0.05, 0.1) is 18.0 Å². The molecule has 0 saturated heterocycles. The van der Waals surface area contributed by atoms with Crippen molar-refractivity contribution < 1.29 is 14.3 Å². The van der Waals surface area contributed by atoms with Crippen molar-refractivity contribution in [2.24, 2.45) is 0 Å². The fourth-order valence-corrected chi connectivity index (χ4v) is 3.72. The molecule has 0 fully saturated rings. The summed E-state index contributed by atoms with van der Waals surface area (Å²) >= 11 is 1.39. The summed E-state index contributed by atoms with van der Waals surface area (Å²) in [5.74, 6) is -0.665. The number of benzene rings is 2. The summed E-state index contributed by atoms with van der Waals surface area (Å²) in [6.45, 7) is 4.07. The van der Waals surface area contributed by atoms with Crippen molar-refractivity contribution in [3.63, 3.8) is 0 Å². The Morgan fingerprint density at radius 1 is 1.10 bits per heavy atom. The van der Waals surface area contributed by atoms with Gasteiger partial charge in [-0.3, -0.25) is 9.59 Å². The molecule has 5 nitrogen and oxygen atoms in total. The highest BCUT2D eigenvalue weighted by Gasteiger charge is 2.20. The van der Waals surface area contributed by atoms with Crippen molar-refractivity contribution in [3.8, 4) is 0 Å². The molecular weight excluding hydrogens is 384 g/mol. The minimum Gasteiger partial charge on any atom is -0.459 e. The van der Waals surface area contributed by atoms with E-state index in [9.17, 15) is 9.59 Å². The van der Waals surface area contributed by atoms with Gasteiger partial charge in [-0.2, -0.15) is 0 Å². The Morgan fingerprint density at radius 3 is 2.52 bits per heavy atom. The van der Waals surface area contributed by atoms with E-state index in [2.05, 4.69) is 10.3 Å². The summed E-state index contributed by atoms with van der Waals surface area (Å²) < 4.78 is 5.47. The van der Waals surface area contributed by atoms with Gasteiger partial charge >= 0.3 is 5.97 Å². The normalized spacial score (nSPS) is 11.7. The predicted molar refractivity (Wildman–Crippen MR) is 115 cm³/mol. The highest BCUT2D eigenvalue weighted by atomic mass is 32.1. The van der Waals surface area contributed by atoms with Gasteiger partial charge in [0.2, 0.25) is 5.91 Å². The number of amides is 1. The molecule has 0 aliphatic carbocycles. The van der Waals surface area contributed by atoms with E-state index in [1.165, 1.54) is 11.3 Å². The molecule has 1 aromatic heterocycles. The van der Waals surface area contributed by atoms with Crippen LogP contribution < -0.4 is 5.32 Å². The highest BCUT2D eigenvalue weighted by Crippen LogP contribution is 2.22. The van der Waals surface area contributed by atoms with Crippen LogP contribution in [-0.4, -0.2) is 16.9 Å². The Bertz CT molecular complexity index is 952. The zero-order valence-electron chi connectivity index (χ0n) is 16.6. The summed E-state index contributed by atoms with van der Waals surface area (Å²) in [6, 6.07) is 17.3. The molecule has 1 heterocycles. The molecule has 6 heteroatoms. The fraction of sp³-hybridized carbons (Fsp3) is 0.261. The van der Waals surface area contributed by atoms with E-state index in [4.69, 9.17) is 4.74 Å². The molecule has 0 bridgehead atoms. The summed E-state index contributed by atoms with van der Waals surface area (Å²) in [5.41, 5.74) is 3.51. The summed E-state index contributed by atoms with van der Waals surface area (Å²) in [6.07, 6.45) is 0.860. The molecule has 3 rings (SSSR count). The van der Waals surface area contributed by atoms with E-state index in [1.54, 1.807) is 0 Å². The number of nitrogens with one attached hydrogen (secondary N) is 1. The number of aromatic nitrogens is 1. The lowest BCUT2D eigenvalue weighted by molar-refractivity contribution is -0.147. The van der Waals surface area contributed by atoms with Crippen LogP contribution in [-0.2, 0) is 27.4 Å². The van der Waals surface area contributed by atoms with Crippen molar-refractivity contribution in [2.45, 2.75) is 39.2 Å². The molecule has 1 atom stereocenters. The molecular formula is C23H24N2O3S. The van der Waals surface area contributed by atoms with Gasteiger partial charge < -0.3 is 10.1 Å². The number of rotatable bonds is 8. The Morgan fingerprint density at radius 2 is 1.83 bits per heavy atom. The average Bonchev–Trinajstić information content (AvgIpc) is 3.17. The number of ether oxygens (including phenoxy) is 1.